The first-order chi connectivity index (χ1) is 8.86. The van der Waals surface area contributed by atoms with Gasteiger partial charge in [0, 0.05) is 36.0 Å². The summed E-state index contributed by atoms with van der Waals surface area (Å²) in [5, 5.41) is 20.2. The molecule has 0 radical (unpaired) electrons. The monoisotopic (exact) mass is 266 g/mol. The van der Waals surface area contributed by atoms with Crippen molar-refractivity contribution in [1.82, 2.24) is 0 Å². The predicted octanol–water partition coefficient (Wildman–Crippen LogP) is 2.96. The average Bonchev–Trinajstić information content (AvgIpc) is 2.34. The summed E-state index contributed by atoms with van der Waals surface area (Å²) in [5.41, 5.74) is 1.49. The van der Waals surface area contributed by atoms with Crippen LogP contribution in [0.5, 0.6) is 0 Å². The molecular weight excluding hydrogens is 244 g/mol. The molecular formula is C14H22N2O3. The van der Waals surface area contributed by atoms with E-state index in [2.05, 4.69) is 32.6 Å². The standard InChI is InChI=1S/C14H22N2O3/c1-10(2)8-15(11(3)4)14-6-5-13(16(18)19)7-12(14)9-17/h5-7,10-11,17H,8-9H2,1-4H3. The molecule has 0 amide bonds. The Labute approximate surface area is 114 Å². The number of aliphatic hydroxyl groups excluding tert-OH is 1. The second-order valence-electron chi connectivity index (χ2n) is 5.37. The number of non-ortho nitro benzene ring substituents is 1. The fourth-order valence-electron chi connectivity index (χ4n) is 2.07. The lowest BCUT2D eigenvalue weighted by molar-refractivity contribution is -0.384. The number of anilines is 1. The average molecular weight is 266 g/mol. The van der Waals surface area contributed by atoms with Gasteiger partial charge in [-0.3, -0.25) is 10.1 Å². The summed E-state index contributed by atoms with van der Waals surface area (Å²) in [7, 11) is 0. The van der Waals surface area contributed by atoms with Gasteiger partial charge in [0.25, 0.3) is 5.69 Å². The minimum atomic E-state index is -0.439. The highest BCUT2D eigenvalue weighted by Crippen LogP contribution is 2.27. The number of hydrogen-bond acceptors (Lipinski definition) is 4. The molecule has 0 aliphatic heterocycles. The smallest absolute Gasteiger partial charge is 0.269 e. The minimum Gasteiger partial charge on any atom is -0.392 e. The lowest BCUT2D eigenvalue weighted by Crippen LogP contribution is -2.34. The molecule has 0 bridgehead atoms. The van der Waals surface area contributed by atoms with E-state index in [1.54, 1.807) is 6.07 Å². The molecule has 0 saturated carbocycles. The van der Waals surface area contributed by atoms with Gasteiger partial charge in [-0.15, -0.1) is 0 Å². The molecule has 0 aliphatic carbocycles. The highest BCUT2D eigenvalue weighted by Gasteiger charge is 2.18. The number of aliphatic hydroxyl groups is 1. The van der Waals surface area contributed by atoms with Crippen LogP contribution in [-0.2, 0) is 6.61 Å². The Balaban J connectivity index is 3.19. The number of rotatable bonds is 6. The molecule has 5 heteroatoms. The van der Waals surface area contributed by atoms with Gasteiger partial charge in [-0.25, -0.2) is 0 Å². The zero-order chi connectivity index (χ0) is 14.6. The van der Waals surface area contributed by atoms with Crippen molar-refractivity contribution in [2.45, 2.75) is 40.3 Å². The molecule has 1 rings (SSSR count). The van der Waals surface area contributed by atoms with Crippen LogP contribution in [-0.4, -0.2) is 22.6 Å². The lowest BCUT2D eigenvalue weighted by Gasteiger charge is -2.32. The van der Waals surface area contributed by atoms with Gasteiger partial charge >= 0.3 is 0 Å². The van der Waals surface area contributed by atoms with E-state index in [4.69, 9.17) is 0 Å². The maximum absolute atomic E-state index is 10.8. The van der Waals surface area contributed by atoms with Gasteiger partial charge in [-0.2, -0.15) is 0 Å². The van der Waals surface area contributed by atoms with E-state index >= 15 is 0 Å². The van der Waals surface area contributed by atoms with E-state index in [-0.39, 0.29) is 18.3 Å². The van der Waals surface area contributed by atoms with Crippen molar-refractivity contribution in [1.29, 1.82) is 0 Å². The SMILES string of the molecule is CC(C)CN(c1ccc([N+](=O)[O-])cc1CO)C(C)C. The number of nitro groups is 1. The van der Waals surface area contributed by atoms with E-state index < -0.39 is 4.92 Å². The molecule has 1 aromatic carbocycles. The van der Waals surface area contributed by atoms with Gasteiger partial charge in [-0.1, -0.05) is 13.8 Å². The summed E-state index contributed by atoms with van der Waals surface area (Å²) < 4.78 is 0. The summed E-state index contributed by atoms with van der Waals surface area (Å²) in [5.74, 6) is 0.476. The molecule has 5 nitrogen and oxygen atoms in total. The summed E-state index contributed by atoms with van der Waals surface area (Å²) in [6.45, 7) is 9.05. The van der Waals surface area contributed by atoms with Crippen molar-refractivity contribution >= 4 is 11.4 Å². The minimum absolute atomic E-state index is 0.0149. The van der Waals surface area contributed by atoms with Crippen molar-refractivity contribution < 1.29 is 10.0 Å². The van der Waals surface area contributed by atoms with E-state index in [1.807, 2.05) is 0 Å². The molecule has 0 saturated heterocycles. The van der Waals surface area contributed by atoms with Gasteiger partial charge in [-0.05, 0) is 25.8 Å². The molecule has 1 N–H and O–H groups in total. The zero-order valence-electron chi connectivity index (χ0n) is 12.0. The highest BCUT2D eigenvalue weighted by molar-refractivity contribution is 5.58. The van der Waals surface area contributed by atoms with Crippen LogP contribution in [0.25, 0.3) is 0 Å². The topological polar surface area (TPSA) is 66.6 Å². The normalized spacial score (nSPS) is 11.1. The predicted molar refractivity (Wildman–Crippen MR) is 76.3 cm³/mol. The summed E-state index contributed by atoms with van der Waals surface area (Å²) in [6, 6.07) is 4.94. The van der Waals surface area contributed by atoms with Crippen LogP contribution in [0, 0.1) is 16.0 Å². The Hall–Kier alpha value is -1.62. The third-order valence-electron chi connectivity index (χ3n) is 2.94. The van der Waals surface area contributed by atoms with Crippen molar-refractivity contribution in [3.63, 3.8) is 0 Å². The summed E-state index contributed by atoms with van der Waals surface area (Å²) in [6.07, 6.45) is 0. The fourth-order valence-corrected chi connectivity index (χ4v) is 2.07. The second kappa shape index (κ2) is 6.52. The third kappa shape index (κ3) is 3.92. The van der Waals surface area contributed by atoms with Gasteiger partial charge in [0.05, 0.1) is 11.5 Å². The van der Waals surface area contributed by atoms with Crippen molar-refractivity contribution in [2.75, 3.05) is 11.4 Å². The van der Waals surface area contributed by atoms with Crippen LogP contribution in [0.4, 0.5) is 11.4 Å². The quantitative estimate of drug-likeness (QED) is 0.635. The van der Waals surface area contributed by atoms with Crippen molar-refractivity contribution in [3.05, 3.63) is 33.9 Å². The van der Waals surface area contributed by atoms with Crippen LogP contribution in [0.1, 0.15) is 33.3 Å². The molecule has 0 aromatic heterocycles. The van der Waals surface area contributed by atoms with E-state index in [1.165, 1.54) is 12.1 Å². The van der Waals surface area contributed by atoms with Gasteiger partial charge in [0.2, 0.25) is 0 Å². The Morgan fingerprint density at radius 3 is 2.37 bits per heavy atom. The molecule has 0 unspecified atom stereocenters. The zero-order valence-corrected chi connectivity index (χ0v) is 12.0. The van der Waals surface area contributed by atoms with E-state index in [0.29, 0.717) is 11.5 Å². The molecule has 0 atom stereocenters. The van der Waals surface area contributed by atoms with Crippen LogP contribution in [0.15, 0.2) is 18.2 Å². The van der Waals surface area contributed by atoms with Crippen molar-refractivity contribution in [2.24, 2.45) is 5.92 Å². The molecule has 0 aliphatic rings. The Morgan fingerprint density at radius 2 is 1.95 bits per heavy atom. The Kier molecular flexibility index (Phi) is 5.30. The van der Waals surface area contributed by atoms with Crippen molar-refractivity contribution in [3.8, 4) is 0 Å². The first-order valence-electron chi connectivity index (χ1n) is 6.51. The van der Waals surface area contributed by atoms with Crippen LogP contribution >= 0.6 is 0 Å². The molecule has 1 aromatic rings. The first kappa shape index (κ1) is 15.4. The van der Waals surface area contributed by atoms with E-state index in [0.717, 1.165) is 12.2 Å². The number of nitro benzene ring substituents is 1. The van der Waals surface area contributed by atoms with E-state index in [9.17, 15) is 15.2 Å². The molecule has 0 heterocycles. The highest BCUT2D eigenvalue weighted by atomic mass is 16.6. The molecule has 0 spiro atoms. The number of benzene rings is 1. The van der Waals surface area contributed by atoms with Gasteiger partial charge in [0.15, 0.2) is 0 Å². The Morgan fingerprint density at radius 1 is 1.32 bits per heavy atom. The fraction of sp³-hybridized carbons (Fsp3) is 0.571. The Bertz CT molecular complexity index is 444. The third-order valence-corrected chi connectivity index (χ3v) is 2.94. The summed E-state index contributed by atoms with van der Waals surface area (Å²) >= 11 is 0. The van der Waals surface area contributed by atoms with Crippen LogP contribution < -0.4 is 4.90 Å². The first-order valence-corrected chi connectivity index (χ1v) is 6.51. The van der Waals surface area contributed by atoms with Crippen LogP contribution in [0.3, 0.4) is 0 Å². The lowest BCUT2D eigenvalue weighted by atomic mass is 10.1. The maximum Gasteiger partial charge on any atom is 0.269 e. The maximum atomic E-state index is 10.8. The van der Waals surface area contributed by atoms with Gasteiger partial charge < -0.3 is 10.0 Å². The van der Waals surface area contributed by atoms with Crippen LogP contribution in [0.2, 0.25) is 0 Å². The van der Waals surface area contributed by atoms with Gasteiger partial charge in [0.1, 0.15) is 0 Å². The summed E-state index contributed by atoms with van der Waals surface area (Å²) in [4.78, 5) is 12.5. The second-order valence-corrected chi connectivity index (χ2v) is 5.37. The number of nitrogens with zero attached hydrogens (tertiary/aromatic N) is 2. The number of hydrogen-bond donors (Lipinski definition) is 1. The molecule has 0 fully saturated rings. The molecule has 106 valence electrons. The molecule has 19 heavy (non-hydrogen) atoms. The largest absolute Gasteiger partial charge is 0.392 e.